The van der Waals surface area contributed by atoms with Gasteiger partial charge in [0.1, 0.15) is 5.82 Å². The van der Waals surface area contributed by atoms with Crippen LogP contribution < -0.4 is 5.32 Å². The number of benzene rings is 1. The van der Waals surface area contributed by atoms with Crippen LogP contribution in [0.3, 0.4) is 0 Å². The van der Waals surface area contributed by atoms with Crippen LogP contribution in [-0.2, 0) is 11.3 Å². The third kappa shape index (κ3) is 3.68. The first-order chi connectivity index (χ1) is 10.6. The maximum atomic E-state index is 12.1. The third-order valence-electron chi connectivity index (χ3n) is 3.66. The van der Waals surface area contributed by atoms with Crippen molar-refractivity contribution in [3.63, 3.8) is 0 Å². The zero-order valence-electron chi connectivity index (χ0n) is 12.8. The molecule has 0 saturated heterocycles. The predicted octanol–water partition coefficient (Wildman–Crippen LogP) is 2.39. The topological polar surface area (TPSA) is 59.8 Å². The highest BCUT2D eigenvalue weighted by Crippen LogP contribution is 2.25. The summed E-state index contributed by atoms with van der Waals surface area (Å²) >= 11 is 1.47. The number of aromatic nitrogens is 3. The maximum absolute atomic E-state index is 12.1. The molecule has 0 radical (unpaired) electrons. The normalized spacial score (nSPS) is 15.5. The van der Waals surface area contributed by atoms with Gasteiger partial charge in [-0.1, -0.05) is 42.1 Å². The van der Waals surface area contributed by atoms with Crippen LogP contribution in [0.15, 0.2) is 35.5 Å². The van der Waals surface area contributed by atoms with E-state index in [-0.39, 0.29) is 11.2 Å². The van der Waals surface area contributed by atoms with Gasteiger partial charge < -0.3 is 9.88 Å². The van der Waals surface area contributed by atoms with E-state index in [0.717, 1.165) is 30.4 Å². The van der Waals surface area contributed by atoms with Crippen LogP contribution in [0.25, 0.3) is 0 Å². The minimum atomic E-state index is -0.168. The van der Waals surface area contributed by atoms with Gasteiger partial charge in [0.15, 0.2) is 5.16 Å². The SMILES string of the molecule is Cc1nnc(S[C@H](C)C(=O)NC2CC2)n1Cc1ccccc1. The molecule has 1 aromatic heterocycles. The quantitative estimate of drug-likeness (QED) is 0.831. The van der Waals surface area contributed by atoms with E-state index in [4.69, 9.17) is 0 Å². The van der Waals surface area contributed by atoms with E-state index < -0.39 is 0 Å². The molecule has 1 aliphatic carbocycles. The second kappa shape index (κ2) is 6.52. The third-order valence-corrected chi connectivity index (χ3v) is 4.74. The number of carbonyl (C=O) groups is 1. The average molecular weight is 316 g/mol. The Balaban J connectivity index is 1.69. The van der Waals surface area contributed by atoms with E-state index in [0.29, 0.717) is 6.04 Å². The Bertz CT molecular complexity index is 651. The summed E-state index contributed by atoms with van der Waals surface area (Å²) in [6, 6.07) is 10.6. The Morgan fingerprint density at radius 3 is 2.77 bits per heavy atom. The number of amides is 1. The van der Waals surface area contributed by atoms with Crippen molar-refractivity contribution < 1.29 is 4.79 Å². The molecule has 0 bridgehead atoms. The van der Waals surface area contributed by atoms with Gasteiger partial charge in [0.25, 0.3) is 0 Å². The number of hydrogen-bond donors (Lipinski definition) is 1. The molecule has 1 fully saturated rings. The van der Waals surface area contributed by atoms with Crippen molar-refractivity contribution >= 4 is 17.7 Å². The van der Waals surface area contributed by atoms with Gasteiger partial charge >= 0.3 is 0 Å². The molecule has 1 saturated carbocycles. The molecule has 2 aromatic rings. The van der Waals surface area contributed by atoms with Crippen molar-refractivity contribution in [2.45, 2.75) is 49.7 Å². The fourth-order valence-electron chi connectivity index (χ4n) is 2.15. The summed E-state index contributed by atoms with van der Waals surface area (Å²) in [6.45, 7) is 4.58. The Kier molecular flexibility index (Phi) is 4.47. The van der Waals surface area contributed by atoms with Crippen LogP contribution >= 0.6 is 11.8 Å². The number of rotatable bonds is 6. The van der Waals surface area contributed by atoms with Gasteiger partial charge in [-0.2, -0.15) is 0 Å². The average Bonchev–Trinajstić information content (AvgIpc) is 3.27. The van der Waals surface area contributed by atoms with Gasteiger partial charge in [-0.05, 0) is 32.3 Å². The molecular weight excluding hydrogens is 296 g/mol. The number of aryl methyl sites for hydroxylation is 1. The van der Waals surface area contributed by atoms with Crippen molar-refractivity contribution in [3.05, 3.63) is 41.7 Å². The van der Waals surface area contributed by atoms with E-state index in [9.17, 15) is 4.79 Å². The minimum absolute atomic E-state index is 0.0828. The zero-order chi connectivity index (χ0) is 15.5. The molecule has 0 aliphatic heterocycles. The summed E-state index contributed by atoms with van der Waals surface area (Å²) < 4.78 is 2.06. The molecule has 1 heterocycles. The summed E-state index contributed by atoms with van der Waals surface area (Å²) in [5.74, 6) is 0.945. The Morgan fingerprint density at radius 1 is 1.36 bits per heavy atom. The summed E-state index contributed by atoms with van der Waals surface area (Å²) in [4.78, 5) is 12.1. The van der Waals surface area contributed by atoms with E-state index >= 15 is 0 Å². The molecule has 0 unspecified atom stereocenters. The van der Waals surface area contributed by atoms with E-state index in [1.54, 1.807) is 0 Å². The standard InChI is InChI=1S/C16H20N4OS/c1-11(15(21)17-14-8-9-14)22-16-19-18-12(2)20(16)10-13-6-4-3-5-7-13/h3-7,11,14H,8-10H2,1-2H3,(H,17,21)/t11-/m1/s1. The van der Waals surface area contributed by atoms with Crippen LogP contribution in [0.4, 0.5) is 0 Å². The molecule has 22 heavy (non-hydrogen) atoms. The molecular formula is C16H20N4OS. The van der Waals surface area contributed by atoms with Gasteiger partial charge in [-0.3, -0.25) is 4.79 Å². The highest BCUT2D eigenvalue weighted by atomic mass is 32.2. The van der Waals surface area contributed by atoms with Crippen LogP contribution in [0.5, 0.6) is 0 Å². The smallest absolute Gasteiger partial charge is 0.233 e. The zero-order valence-corrected chi connectivity index (χ0v) is 13.6. The lowest BCUT2D eigenvalue weighted by atomic mass is 10.2. The largest absolute Gasteiger partial charge is 0.352 e. The summed E-state index contributed by atoms with van der Waals surface area (Å²) in [5.41, 5.74) is 1.20. The van der Waals surface area contributed by atoms with Gasteiger partial charge in [0.05, 0.1) is 11.8 Å². The monoisotopic (exact) mass is 316 g/mol. The van der Waals surface area contributed by atoms with E-state index in [2.05, 4.69) is 32.2 Å². The van der Waals surface area contributed by atoms with Crippen molar-refractivity contribution in [2.24, 2.45) is 0 Å². The molecule has 3 rings (SSSR count). The fourth-order valence-corrected chi connectivity index (χ4v) is 3.06. The minimum Gasteiger partial charge on any atom is -0.352 e. The Morgan fingerprint density at radius 2 is 2.09 bits per heavy atom. The second-order valence-electron chi connectivity index (χ2n) is 5.64. The number of hydrogen-bond acceptors (Lipinski definition) is 4. The Labute approximate surface area is 134 Å². The molecule has 116 valence electrons. The van der Waals surface area contributed by atoms with E-state index in [1.807, 2.05) is 32.0 Å². The van der Waals surface area contributed by atoms with Gasteiger partial charge in [-0.15, -0.1) is 10.2 Å². The molecule has 0 spiro atoms. The first-order valence-electron chi connectivity index (χ1n) is 7.54. The summed E-state index contributed by atoms with van der Waals surface area (Å²) in [7, 11) is 0. The van der Waals surface area contributed by atoms with Gasteiger partial charge in [0.2, 0.25) is 5.91 Å². The van der Waals surface area contributed by atoms with Crippen molar-refractivity contribution in [1.29, 1.82) is 0 Å². The highest BCUT2D eigenvalue weighted by Gasteiger charge is 2.27. The van der Waals surface area contributed by atoms with Crippen molar-refractivity contribution in [2.75, 3.05) is 0 Å². The molecule has 5 nitrogen and oxygen atoms in total. The van der Waals surface area contributed by atoms with Gasteiger partial charge in [-0.25, -0.2) is 0 Å². The van der Waals surface area contributed by atoms with Crippen LogP contribution in [-0.4, -0.2) is 32.0 Å². The molecule has 1 atom stereocenters. The number of nitrogens with zero attached hydrogens (tertiary/aromatic N) is 3. The molecule has 1 aromatic carbocycles. The van der Waals surface area contributed by atoms with E-state index in [1.165, 1.54) is 17.3 Å². The van der Waals surface area contributed by atoms with Crippen LogP contribution in [0, 0.1) is 6.92 Å². The lowest BCUT2D eigenvalue weighted by Gasteiger charge is -2.13. The predicted molar refractivity (Wildman–Crippen MR) is 86.8 cm³/mol. The number of thioether (sulfide) groups is 1. The highest BCUT2D eigenvalue weighted by molar-refractivity contribution is 8.00. The first kappa shape index (κ1) is 15.1. The van der Waals surface area contributed by atoms with Crippen molar-refractivity contribution in [3.8, 4) is 0 Å². The Hall–Kier alpha value is -1.82. The van der Waals surface area contributed by atoms with Crippen LogP contribution in [0.1, 0.15) is 31.2 Å². The number of nitrogens with one attached hydrogen (secondary N) is 1. The first-order valence-corrected chi connectivity index (χ1v) is 8.42. The lowest BCUT2D eigenvalue weighted by molar-refractivity contribution is -0.120. The lowest BCUT2D eigenvalue weighted by Crippen LogP contribution is -2.32. The molecule has 1 amide bonds. The second-order valence-corrected chi connectivity index (χ2v) is 6.95. The summed E-state index contributed by atoms with van der Waals surface area (Å²) in [6.07, 6.45) is 2.21. The van der Waals surface area contributed by atoms with Crippen LogP contribution in [0.2, 0.25) is 0 Å². The fraction of sp³-hybridized carbons (Fsp3) is 0.438. The molecule has 1 aliphatic rings. The molecule has 6 heteroatoms. The van der Waals surface area contributed by atoms with Crippen molar-refractivity contribution in [1.82, 2.24) is 20.1 Å². The van der Waals surface area contributed by atoms with Gasteiger partial charge in [0, 0.05) is 6.04 Å². The number of carbonyl (C=O) groups excluding carboxylic acids is 1. The maximum Gasteiger partial charge on any atom is 0.233 e. The molecule has 1 N–H and O–H groups in total. The summed E-state index contributed by atoms with van der Waals surface area (Å²) in [5, 5.41) is 12.0.